The molecule has 0 heterocycles. The van der Waals surface area contributed by atoms with E-state index in [2.05, 4.69) is 0 Å². The summed E-state index contributed by atoms with van der Waals surface area (Å²) in [4.78, 5) is 12.4. The maximum absolute atomic E-state index is 12.6. The summed E-state index contributed by atoms with van der Waals surface area (Å²) in [5, 5.41) is 0. The van der Waals surface area contributed by atoms with Crippen LogP contribution in [0, 0.1) is 0 Å². The third-order valence-electron chi connectivity index (χ3n) is 5.25. The Bertz CT molecular complexity index is 1010. The fourth-order valence-corrected chi connectivity index (χ4v) is 3.67. The summed E-state index contributed by atoms with van der Waals surface area (Å²) in [6, 6.07) is 20.3. The molecule has 5 heteroatoms. The Morgan fingerprint density at radius 1 is 0.862 bits per heavy atom. The van der Waals surface area contributed by atoms with Gasteiger partial charge < -0.3 is 4.74 Å². The van der Waals surface area contributed by atoms with Gasteiger partial charge in [-0.3, -0.25) is 4.79 Å². The summed E-state index contributed by atoms with van der Waals surface area (Å²) in [6.45, 7) is 0.187. The topological polar surface area (TPSA) is 26.3 Å². The standard InChI is InChI=1S/C24H19F3O2/c25-24(26,27)20-9-5-16(6-10-20)15-29-21-11-7-17(8-12-21)19-13-18-3-1-2-4-22(18)23(28)14-19/h1-12,19H,13-15H2. The van der Waals surface area contributed by atoms with Gasteiger partial charge in [0.15, 0.2) is 5.78 Å². The molecular formula is C24H19F3O2. The zero-order chi connectivity index (χ0) is 20.4. The molecular weight excluding hydrogens is 377 g/mol. The number of benzene rings is 3. The minimum Gasteiger partial charge on any atom is -0.489 e. The first-order valence-corrected chi connectivity index (χ1v) is 9.40. The van der Waals surface area contributed by atoms with Crippen LogP contribution in [-0.4, -0.2) is 5.78 Å². The second kappa shape index (κ2) is 7.74. The number of fused-ring (bicyclic) bond motifs is 1. The van der Waals surface area contributed by atoms with E-state index in [9.17, 15) is 18.0 Å². The largest absolute Gasteiger partial charge is 0.489 e. The zero-order valence-corrected chi connectivity index (χ0v) is 15.6. The quantitative estimate of drug-likeness (QED) is 0.525. The number of hydrogen-bond donors (Lipinski definition) is 0. The van der Waals surface area contributed by atoms with Crippen LogP contribution in [0.25, 0.3) is 0 Å². The number of Topliss-reactive ketones (excluding diaryl/α,β-unsaturated/α-hetero) is 1. The lowest BCUT2D eigenvalue weighted by Gasteiger charge is -2.24. The molecule has 0 fully saturated rings. The van der Waals surface area contributed by atoms with E-state index in [0.717, 1.165) is 35.2 Å². The Labute approximate surface area is 167 Å². The number of ether oxygens (including phenoxy) is 1. The minimum atomic E-state index is -4.34. The molecule has 0 radical (unpaired) electrons. The van der Waals surface area contributed by atoms with Crippen LogP contribution in [0.1, 0.15) is 45.0 Å². The highest BCUT2D eigenvalue weighted by Gasteiger charge is 2.30. The molecule has 29 heavy (non-hydrogen) atoms. The average Bonchev–Trinajstić information content (AvgIpc) is 2.72. The summed E-state index contributed by atoms with van der Waals surface area (Å²) in [7, 11) is 0. The minimum absolute atomic E-state index is 0.140. The SMILES string of the molecule is O=C1CC(c2ccc(OCc3ccc(C(F)(F)F)cc3)cc2)Cc2ccccc21. The lowest BCUT2D eigenvalue weighted by Crippen LogP contribution is -2.18. The Morgan fingerprint density at radius 2 is 1.55 bits per heavy atom. The van der Waals surface area contributed by atoms with Gasteiger partial charge in [0.25, 0.3) is 0 Å². The molecule has 0 saturated carbocycles. The van der Waals surface area contributed by atoms with E-state index in [0.29, 0.717) is 17.7 Å². The lowest BCUT2D eigenvalue weighted by atomic mass is 9.79. The van der Waals surface area contributed by atoms with Crippen molar-refractivity contribution in [1.29, 1.82) is 0 Å². The number of hydrogen-bond acceptors (Lipinski definition) is 2. The number of rotatable bonds is 4. The van der Waals surface area contributed by atoms with Crippen LogP contribution >= 0.6 is 0 Å². The summed E-state index contributed by atoms with van der Waals surface area (Å²) in [5.41, 5.74) is 2.97. The highest BCUT2D eigenvalue weighted by atomic mass is 19.4. The number of carbonyl (C=O) groups excluding carboxylic acids is 1. The van der Waals surface area contributed by atoms with E-state index in [1.54, 1.807) is 0 Å². The van der Waals surface area contributed by atoms with E-state index < -0.39 is 11.7 Å². The van der Waals surface area contributed by atoms with Gasteiger partial charge in [-0.25, -0.2) is 0 Å². The van der Waals surface area contributed by atoms with Crippen molar-refractivity contribution in [3.63, 3.8) is 0 Å². The molecule has 3 aromatic carbocycles. The molecule has 0 N–H and O–H groups in total. The van der Waals surface area contributed by atoms with Crippen molar-refractivity contribution in [2.45, 2.75) is 31.5 Å². The summed E-state index contributed by atoms with van der Waals surface area (Å²) < 4.78 is 43.5. The highest BCUT2D eigenvalue weighted by Crippen LogP contribution is 2.33. The van der Waals surface area contributed by atoms with Crippen LogP contribution in [-0.2, 0) is 19.2 Å². The van der Waals surface area contributed by atoms with Crippen LogP contribution in [0.5, 0.6) is 5.75 Å². The molecule has 0 aromatic heterocycles. The van der Waals surface area contributed by atoms with Crippen molar-refractivity contribution in [2.75, 3.05) is 0 Å². The molecule has 4 rings (SSSR count). The second-order valence-corrected chi connectivity index (χ2v) is 7.24. The molecule has 148 valence electrons. The fourth-order valence-electron chi connectivity index (χ4n) is 3.67. The van der Waals surface area contributed by atoms with Crippen LogP contribution in [0.15, 0.2) is 72.8 Å². The van der Waals surface area contributed by atoms with Gasteiger partial charge in [0, 0.05) is 12.0 Å². The third-order valence-corrected chi connectivity index (χ3v) is 5.25. The third kappa shape index (κ3) is 4.34. The lowest BCUT2D eigenvalue weighted by molar-refractivity contribution is -0.137. The highest BCUT2D eigenvalue weighted by molar-refractivity contribution is 5.99. The predicted molar refractivity (Wildman–Crippen MR) is 104 cm³/mol. The maximum Gasteiger partial charge on any atom is 0.416 e. The van der Waals surface area contributed by atoms with E-state index in [1.807, 2.05) is 48.5 Å². The summed E-state index contributed by atoms with van der Waals surface area (Å²) >= 11 is 0. The van der Waals surface area contributed by atoms with Crippen molar-refractivity contribution in [3.05, 3.63) is 101 Å². The smallest absolute Gasteiger partial charge is 0.416 e. The van der Waals surface area contributed by atoms with E-state index in [1.165, 1.54) is 12.1 Å². The van der Waals surface area contributed by atoms with Gasteiger partial charge in [-0.1, -0.05) is 48.5 Å². The van der Waals surface area contributed by atoms with Gasteiger partial charge in [-0.15, -0.1) is 0 Å². The van der Waals surface area contributed by atoms with E-state index >= 15 is 0 Å². The monoisotopic (exact) mass is 396 g/mol. The molecule has 0 amide bonds. The first-order chi connectivity index (χ1) is 13.9. The number of ketones is 1. The first kappa shape index (κ1) is 19.2. The number of carbonyl (C=O) groups is 1. The summed E-state index contributed by atoms with van der Waals surface area (Å²) in [5.74, 6) is 0.942. The van der Waals surface area contributed by atoms with Gasteiger partial charge in [0.1, 0.15) is 12.4 Å². The average molecular weight is 396 g/mol. The second-order valence-electron chi connectivity index (χ2n) is 7.24. The van der Waals surface area contributed by atoms with Crippen molar-refractivity contribution in [1.82, 2.24) is 0 Å². The Morgan fingerprint density at radius 3 is 2.24 bits per heavy atom. The molecule has 1 atom stereocenters. The maximum atomic E-state index is 12.6. The van der Waals surface area contributed by atoms with Gasteiger partial charge >= 0.3 is 6.18 Å². The molecule has 0 bridgehead atoms. The fraction of sp³-hybridized carbons (Fsp3) is 0.208. The van der Waals surface area contributed by atoms with Crippen LogP contribution in [0.2, 0.25) is 0 Å². The Kier molecular flexibility index (Phi) is 5.14. The Hall–Kier alpha value is -3.08. The van der Waals surface area contributed by atoms with Crippen LogP contribution in [0.4, 0.5) is 13.2 Å². The van der Waals surface area contributed by atoms with Crippen molar-refractivity contribution < 1.29 is 22.7 Å². The zero-order valence-electron chi connectivity index (χ0n) is 15.6. The van der Waals surface area contributed by atoms with Gasteiger partial charge in [-0.05, 0) is 53.3 Å². The predicted octanol–water partition coefficient (Wildman–Crippen LogP) is 6.20. The number of halogens is 3. The molecule has 1 unspecified atom stereocenters. The molecule has 1 aliphatic rings. The first-order valence-electron chi connectivity index (χ1n) is 9.40. The molecule has 3 aromatic rings. The molecule has 0 saturated heterocycles. The molecule has 1 aliphatic carbocycles. The van der Waals surface area contributed by atoms with Crippen molar-refractivity contribution in [3.8, 4) is 5.75 Å². The summed E-state index contributed by atoms with van der Waals surface area (Å²) in [6.07, 6.45) is -3.02. The Balaban J connectivity index is 1.39. The van der Waals surface area contributed by atoms with Gasteiger partial charge in [0.05, 0.1) is 5.56 Å². The molecule has 0 spiro atoms. The normalized spacial score (nSPS) is 16.4. The molecule has 2 nitrogen and oxygen atoms in total. The van der Waals surface area contributed by atoms with E-state index in [4.69, 9.17) is 4.74 Å². The van der Waals surface area contributed by atoms with Gasteiger partial charge in [0.2, 0.25) is 0 Å². The number of alkyl halides is 3. The van der Waals surface area contributed by atoms with Crippen LogP contribution < -0.4 is 4.74 Å². The van der Waals surface area contributed by atoms with Crippen molar-refractivity contribution in [2.24, 2.45) is 0 Å². The van der Waals surface area contributed by atoms with E-state index in [-0.39, 0.29) is 18.3 Å². The van der Waals surface area contributed by atoms with Crippen molar-refractivity contribution >= 4 is 5.78 Å². The van der Waals surface area contributed by atoms with Gasteiger partial charge in [-0.2, -0.15) is 13.2 Å². The molecule has 0 aliphatic heterocycles. The van der Waals surface area contributed by atoms with Crippen LogP contribution in [0.3, 0.4) is 0 Å².